The van der Waals surface area contributed by atoms with Gasteiger partial charge in [0.2, 0.25) is 5.91 Å². The zero-order chi connectivity index (χ0) is 13.7. The first kappa shape index (κ1) is 14.8. The molecule has 4 N–H and O–H groups in total. The Kier molecular flexibility index (Phi) is 5.60. The molecular weight excluding hydrogens is 242 g/mol. The van der Waals surface area contributed by atoms with Gasteiger partial charge in [0.25, 0.3) is 0 Å². The Hall–Kier alpha value is -0.650. The third-order valence-electron chi connectivity index (χ3n) is 4.43. The molecule has 2 unspecified atom stereocenters. The average Bonchev–Trinajstić information content (AvgIpc) is 2.40. The van der Waals surface area contributed by atoms with Crippen molar-refractivity contribution in [3.05, 3.63) is 0 Å². The molecule has 1 aliphatic carbocycles. The minimum atomic E-state index is -0.234. The molecule has 1 saturated heterocycles. The number of carbonyl (C=O) groups excluding carboxylic acids is 1. The van der Waals surface area contributed by atoms with Crippen molar-refractivity contribution in [1.82, 2.24) is 10.2 Å². The second-order valence-corrected chi connectivity index (χ2v) is 6.03. The van der Waals surface area contributed by atoms with Crippen LogP contribution in [0.15, 0.2) is 0 Å². The summed E-state index contributed by atoms with van der Waals surface area (Å²) in [5.74, 6) is 0.320. The summed E-state index contributed by atoms with van der Waals surface area (Å²) in [6.45, 7) is 2.92. The fourth-order valence-corrected chi connectivity index (χ4v) is 3.04. The third-order valence-corrected chi connectivity index (χ3v) is 4.43. The molecule has 0 aromatic heterocycles. The summed E-state index contributed by atoms with van der Waals surface area (Å²) in [5.41, 5.74) is 5.84. The molecule has 1 saturated carbocycles. The molecule has 1 heterocycles. The molecule has 0 aromatic carbocycles. The quantitative estimate of drug-likeness (QED) is 0.675. The molecule has 5 heteroatoms. The summed E-state index contributed by atoms with van der Waals surface area (Å²) in [6.07, 6.45) is 5.91. The van der Waals surface area contributed by atoms with E-state index in [0.29, 0.717) is 19.1 Å². The first-order valence-corrected chi connectivity index (χ1v) is 7.58. The van der Waals surface area contributed by atoms with Gasteiger partial charge < -0.3 is 16.2 Å². The molecule has 2 fully saturated rings. The van der Waals surface area contributed by atoms with Gasteiger partial charge in [-0.2, -0.15) is 0 Å². The van der Waals surface area contributed by atoms with Gasteiger partial charge in [0.15, 0.2) is 0 Å². The predicted molar refractivity (Wildman–Crippen MR) is 74.6 cm³/mol. The summed E-state index contributed by atoms with van der Waals surface area (Å²) in [5, 5.41) is 12.8. The lowest BCUT2D eigenvalue weighted by molar-refractivity contribution is -0.123. The zero-order valence-corrected chi connectivity index (χ0v) is 11.7. The topological polar surface area (TPSA) is 78.6 Å². The number of rotatable bonds is 4. The number of nitrogens with one attached hydrogen (secondary N) is 1. The highest BCUT2D eigenvalue weighted by atomic mass is 16.3. The van der Waals surface area contributed by atoms with E-state index in [9.17, 15) is 9.90 Å². The number of nitrogens with zero attached hydrogens (tertiary/aromatic N) is 1. The number of piperidine rings is 1. The van der Waals surface area contributed by atoms with Gasteiger partial charge in [0.1, 0.15) is 0 Å². The second kappa shape index (κ2) is 7.22. The van der Waals surface area contributed by atoms with Gasteiger partial charge in [0.05, 0.1) is 12.6 Å². The van der Waals surface area contributed by atoms with E-state index in [1.54, 1.807) is 0 Å². The number of carbonyl (C=O) groups is 1. The Morgan fingerprint density at radius 1 is 1.21 bits per heavy atom. The number of amides is 1. The highest BCUT2D eigenvalue weighted by molar-refractivity contribution is 5.78. The molecule has 2 aliphatic rings. The fraction of sp³-hybridized carbons (Fsp3) is 0.929. The molecule has 0 aromatic rings. The molecule has 0 spiro atoms. The molecule has 19 heavy (non-hydrogen) atoms. The number of nitrogens with two attached hydrogens (primary N) is 1. The molecule has 1 amide bonds. The van der Waals surface area contributed by atoms with Gasteiger partial charge in [-0.3, -0.25) is 9.69 Å². The van der Waals surface area contributed by atoms with Crippen LogP contribution in [-0.2, 0) is 4.79 Å². The fourth-order valence-electron chi connectivity index (χ4n) is 3.04. The highest BCUT2D eigenvalue weighted by Gasteiger charge is 2.24. The average molecular weight is 269 g/mol. The summed E-state index contributed by atoms with van der Waals surface area (Å²) in [6, 6.07) is 0.302. The van der Waals surface area contributed by atoms with Crippen LogP contribution in [0.4, 0.5) is 0 Å². The smallest absolute Gasteiger partial charge is 0.234 e. The van der Waals surface area contributed by atoms with Crippen LogP contribution in [0.1, 0.15) is 38.5 Å². The van der Waals surface area contributed by atoms with E-state index in [0.717, 1.165) is 45.2 Å². The number of hydrogen-bond donors (Lipinski definition) is 3. The molecular formula is C14H27N3O2. The van der Waals surface area contributed by atoms with Crippen LogP contribution >= 0.6 is 0 Å². The molecule has 0 radical (unpaired) electrons. The maximum Gasteiger partial charge on any atom is 0.234 e. The van der Waals surface area contributed by atoms with Crippen molar-refractivity contribution in [2.75, 3.05) is 26.2 Å². The van der Waals surface area contributed by atoms with E-state index in [1.165, 1.54) is 6.42 Å². The van der Waals surface area contributed by atoms with Crippen molar-refractivity contribution in [3.63, 3.8) is 0 Å². The number of likely N-dealkylation sites (tertiary alicyclic amines) is 1. The van der Waals surface area contributed by atoms with Crippen LogP contribution < -0.4 is 11.1 Å². The third kappa shape index (κ3) is 4.75. The van der Waals surface area contributed by atoms with Crippen molar-refractivity contribution in [1.29, 1.82) is 0 Å². The van der Waals surface area contributed by atoms with Gasteiger partial charge in [0, 0.05) is 31.6 Å². The van der Waals surface area contributed by atoms with Crippen molar-refractivity contribution in [2.24, 2.45) is 11.7 Å². The molecule has 1 aliphatic heterocycles. The maximum atomic E-state index is 11.9. The Morgan fingerprint density at radius 3 is 2.58 bits per heavy atom. The van der Waals surface area contributed by atoms with Crippen LogP contribution in [0.5, 0.6) is 0 Å². The minimum Gasteiger partial charge on any atom is -0.393 e. The van der Waals surface area contributed by atoms with Crippen LogP contribution in [0.25, 0.3) is 0 Å². The number of hydrogen-bond acceptors (Lipinski definition) is 4. The van der Waals surface area contributed by atoms with Crippen molar-refractivity contribution in [2.45, 2.75) is 50.7 Å². The van der Waals surface area contributed by atoms with Crippen LogP contribution in [0.2, 0.25) is 0 Å². The Balaban J connectivity index is 1.64. The van der Waals surface area contributed by atoms with Crippen LogP contribution in [0.3, 0.4) is 0 Å². The van der Waals surface area contributed by atoms with E-state index >= 15 is 0 Å². The summed E-state index contributed by atoms with van der Waals surface area (Å²) < 4.78 is 0. The normalized spacial score (nSPS) is 30.2. The summed E-state index contributed by atoms with van der Waals surface area (Å²) in [7, 11) is 0. The number of aliphatic hydroxyl groups is 1. The summed E-state index contributed by atoms with van der Waals surface area (Å²) in [4.78, 5) is 14.0. The largest absolute Gasteiger partial charge is 0.393 e. The van der Waals surface area contributed by atoms with E-state index in [1.807, 2.05) is 0 Å². The van der Waals surface area contributed by atoms with Gasteiger partial charge >= 0.3 is 0 Å². The Bertz CT molecular complexity index is 290. The monoisotopic (exact) mass is 269 g/mol. The predicted octanol–water partition coefficient (Wildman–Crippen LogP) is 0.0768. The van der Waals surface area contributed by atoms with Gasteiger partial charge in [-0.1, -0.05) is 12.8 Å². The molecule has 2 atom stereocenters. The molecule has 110 valence electrons. The van der Waals surface area contributed by atoms with Crippen molar-refractivity contribution < 1.29 is 9.90 Å². The Labute approximate surface area is 115 Å². The molecule has 5 nitrogen and oxygen atoms in total. The molecule has 0 bridgehead atoms. The van der Waals surface area contributed by atoms with Crippen molar-refractivity contribution in [3.8, 4) is 0 Å². The van der Waals surface area contributed by atoms with E-state index in [2.05, 4.69) is 10.2 Å². The first-order chi connectivity index (χ1) is 9.15. The minimum absolute atomic E-state index is 0.0771. The lowest BCUT2D eigenvalue weighted by Gasteiger charge is -2.30. The van der Waals surface area contributed by atoms with Gasteiger partial charge in [-0.25, -0.2) is 0 Å². The van der Waals surface area contributed by atoms with Gasteiger partial charge in [-0.05, 0) is 25.7 Å². The molecule has 2 rings (SSSR count). The van der Waals surface area contributed by atoms with Crippen molar-refractivity contribution >= 4 is 5.91 Å². The maximum absolute atomic E-state index is 11.9. The summed E-state index contributed by atoms with van der Waals surface area (Å²) >= 11 is 0. The SMILES string of the molecule is NC1CCN(CC(=O)NCC2CCCCC2O)CC1. The zero-order valence-electron chi connectivity index (χ0n) is 11.7. The standard InChI is InChI=1S/C14H27N3O2/c15-12-5-7-17(8-6-12)10-14(19)16-9-11-3-1-2-4-13(11)18/h11-13,18H,1-10,15H2,(H,16,19). The highest BCUT2D eigenvalue weighted by Crippen LogP contribution is 2.23. The number of aliphatic hydroxyl groups excluding tert-OH is 1. The lowest BCUT2D eigenvalue weighted by Crippen LogP contribution is -2.46. The van der Waals surface area contributed by atoms with Gasteiger partial charge in [-0.15, -0.1) is 0 Å². The first-order valence-electron chi connectivity index (χ1n) is 7.58. The van der Waals surface area contributed by atoms with E-state index in [-0.39, 0.29) is 17.9 Å². The van der Waals surface area contributed by atoms with Crippen LogP contribution in [-0.4, -0.2) is 54.2 Å². The van der Waals surface area contributed by atoms with Crippen LogP contribution in [0, 0.1) is 5.92 Å². The Morgan fingerprint density at radius 2 is 1.89 bits per heavy atom. The van der Waals surface area contributed by atoms with E-state index < -0.39 is 0 Å². The lowest BCUT2D eigenvalue weighted by atomic mass is 9.86. The second-order valence-electron chi connectivity index (χ2n) is 6.03. The van der Waals surface area contributed by atoms with E-state index in [4.69, 9.17) is 5.73 Å².